The molecule has 0 saturated heterocycles. The van der Waals surface area contributed by atoms with E-state index >= 15 is 0 Å². The standard InChI is InChI=1S/2C5H5.C3H6.CH3.2Al.O.Ti.3H/c2*1-2-4-5-3-1;1-3-2;;;;;;;;/h2*1-3H,4H2;1-2H3;1H3;;;;;;;/q2*-1;;;;;;+2;;;. The molecule has 0 aromatic carbocycles. The third-order valence-corrected chi connectivity index (χ3v) is 3.77. The second-order valence-electron chi connectivity index (χ2n) is 3.58. The fraction of sp³-hybridized carbons (Fsp3) is 0.357. The Labute approximate surface area is 139 Å². The molecule has 0 aromatic heterocycles. The maximum absolute atomic E-state index is 4.82. The first-order valence-corrected chi connectivity index (χ1v) is 9.68. The van der Waals surface area contributed by atoms with Crippen molar-refractivity contribution in [3.8, 4) is 0 Å². The molecule has 0 fully saturated rings. The van der Waals surface area contributed by atoms with E-state index in [1.165, 1.54) is 3.81 Å². The zero-order chi connectivity index (χ0) is 14.1. The van der Waals surface area contributed by atoms with Crippen molar-refractivity contribution in [2.45, 2.75) is 32.5 Å². The molecule has 0 bridgehead atoms. The molecule has 0 radical (unpaired) electrons. The van der Waals surface area contributed by atoms with Gasteiger partial charge in [-0.25, -0.2) is 24.3 Å². The largest absolute Gasteiger partial charge is 0.645 e. The molecule has 2 aliphatic carbocycles. The molecule has 0 heterocycles. The zero-order valence-corrected chi connectivity index (χ0v) is 17.0. The molecule has 4 heteroatoms. The van der Waals surface area contributed by atoms with Gasteiger partial charge in [0.05, 0.1) is 0 Å². The van der Waals surface area contributed by atoms with E-state index in [0.717, 1.165) is 29.5 Å². The Morgan fingerprint density at radius 1 is 1.17 bits per heavy atom. The molecule has 0 amide bonds. The van der Waals surface area contributed by atoms with Crippen LogP contribution in [0.4, 0.5) is 0 Å². The molecule has 94 valence electrons. The fourth-order valence-electron chi connectivity index (χ4n) is 0.680. The van der Waals surface area contributed by atoms with E-state index in [0.29, 0.717) is 0 Å². The van der Waals surface area contributed by atoms with Crippen molar-refractivity contribution in [2.24, 2.45) is 0 Å². The summed E-state index contributed by atoms with van der Waals surface area (Å²) in [6, 6.07) is 0. The first kappa shape index (κ1) is 20.9. The maximum Gasteiger partial charge on any atom is 0.401 e. The van der Waals surface area contributed by atoms with E-state index in [-0.39, 0.29) is 15.6 Å². The van der Waals surface area contributed by atoms with Gasteiger partial charge in [-0.05, 0) is 0 Å². The van der Waals surface area contributed by atoms with Crippen molar-refractivity contribution in [3.05, 3.63) is 48.6 Å². The smallest absolute Gasteiger partial charge is 0.401 e. The minimum atomic E-state index is -0.0139. The van der Waals surface area contributed by atoms with Crippen LogP contribution in [0, 0.1) is 12.2 Å². The molecule has 0 saturated carbocycles. The van der Waals surface area contributed by atoms with Crippen LogP contribution in [0.1, 0.15) is 26.7 Å². The molecule has 0 spiro atoms. The van der Waals surface area contributed by atoms with Crippen LogP contribution >= 0.6 is 0 Å². The maximum atomic E-state index is 4.82. The number of rotatable bonds is 1. The van der Waals surface area contributed by atoms with Crippen LogP contribution in [0.15, 0.2) is 36.5 Å². The monoisotopic (exact) mass is 308 g/mol. The molecule has 0 unspecified atom stereocenters. The van der Waals surface area contributed by atoms with Gasteiger partial charge in [0, 0.05) is 0 Å². The summed E-state index contributed by atoms with van der Waals surface area (Å²) in [6.45, 7) is 4.17. The molecule has 18 heavy (non-hydrogen) atoms. The van der Waals surface area contributed by atoms with Gasteiger partial charge >= 0.3 is 69.8 Å². The third kappa shape index (κ3) is 30.0. The van der Waals surface area contributed by atoms with E-state index in [2.05, 4.69) is 63.9 Å². The van der Waals surface area contributed by atoms with Gasteiger partial charge in [0.1, 0.15) is 0 Å². The molecule has 0 aliphatic heterocycles. The van der Waals surface area contributed by atoms with Crippen molar-refractivity contribution in [3.63, 3.8) is 0 Å². The Morgan fingerprint density at radius 3 is 1.56 bits per heavy atom. The average Bonchev–Trinajstić information content (AvgIpc) is 3.05. The first-order chi connectivity index (χ1) is 8.65. The average molecular weight is 308 g/mol. The van der Waals surface area contributed by atoms with Crippen LogP contribution < -0.4 is 0 Å². The topological polar surface area (TPSA) is 9.23 Å². The van der Waals surface area contributed by atoms with Gasteiger partial charge in [-0.15, -0.1) is 12.8 Å². The van der Waals surface area contributed by atoms with Gasteiger partial charge in [0.2, 0.25) is 0 Å². The van der Waals surface area contributed by atoms with Crippen LogP contribution in [0.2, 0.25) is 5.79 Å². The summed E-state index contributed by atoms with van der Waals surface area (Å²) in [5, 5.41) is 0. The molecule has 1 nitrogen and oxygen atoms in total. The third-order valence-electron chi connectivity index (χ3n) is 1.46. The molecule has 2 rings (SSSR count). The van der Waals surface area contributed by atoms with Gasteiger partial charge in [0.15, 0.2) is 0 Å². The summed E-state index contributed by atoms with van der Waals surface area (Å²) < 4.78 is 6.24. The van der Waals surface area contributed by atoms with Gasteiger partial charge in [0.25, 0.3) is 0 Å². The summed E-state index contributed by atoms with van der Waals surface area (Å²) in [6.07, 6.45) is 20.0. The normalized spacial score (nSPS) is 12.7. The van der Waals surface area contributed by atoms with Gasteiger partial charge in [-0.1, -0.05) is 5.79 Å². The predicted molar refractivity (Wildman–Crippen MR) is 82.1 cm³/mol. The molecular weight excluding hydrogens is 286 g/mol. The van der Waals surface area contributed by atoms with Crippen LogP contribution in [-0.4, -0.2) is 36.0 Å². The summed E-state index contributed by atoms with van der Waals surface area (Å²) in [4.78, 5) is 0. The second kappa shape index (κ2) is 19.9. The number of allylic oxidation sites excluding steroid dienone is 8. The minimum absolute atomic E-state index is 0.0139. The van der Waals surface area contributed by atoms with Crippen LogP contribution in [-0.2, 0) is 22.8 Å². The van der Waals surface area contributed by atoms with Crippen LogP contribution in [0.3, 0.4) is 0 Å². The van der Waals surface area contributed by atoms with Crippen molar-refractivity contribution >= 4 is 36.0 Å². The van der Waals surface area contributed by atoms with Gasteiger partial charge < -0.3 is 2.84 Å². The fourth-order valence-corrected chi connectivity index (χ4v) is 0.680. The van der Waals surface area contributed by atoms with E-state index in [9.17, 15) is 0 Å². The van der Waals surface area contributed by atoms with E-state index in [1.807, 2.05) is 24.3 Å². The van der Waals surface area contributed by atoms with Crippen molar-refractivity contribution in [1.82, 2.24) is 0 Å². The first-order valence-electron chi connectivity index (χ1n) is 6.09. The summed E-state index contributed by atoms with van der Waals surface area (Å²) in [7, 11) is 0. The molecule has 2 aliphatic rings. The van der Waals surface area contributed by atoms with Crippen LogP contribution in [0.5, 0.6) is 0 Å². The quantitative estimate of drug-likeness (QED) is 0.533. The summed E-state index contributed by atoms with van der Waals surface area (Å²) in [5.41, 5.74) is 0. The SMILES string of the molecule is C[C](C)=[Ti+2].[C-]1=CC=CC1.[C-]1=CC=CC1.[CH3][AlH][O][AlH2]. The number of hydrogen-bond donors (Lipinski definition) is 0. The Morgan fingerprint density at radius 2 is 1.50 bits per heavy atom. The van der Waals surface area contributed by atoms with E-state index < -0.39 is 0 Å². The number of hydrogen-bond acceptors (Lipinski definition) is 1. The van der Waals surface area contributed by atoms with Crippen molar-refractivity contribution in [1.29, 1.82) is 0 Å². The van der Waals surface area contributed by atoms with E-state index in [4.69, 9.17) is 2.84 Å². The van der Waals surface area contributed by atoms with Crippen molar-refractivity contribution in [2.75, 3.05) is 0 Å². The Bertz CT molecular complexity index is 246. The van der Waals surface area contributed by atoms with Gasteiger partial charge in [-0.2, -0.15) is 12.2 Å². The molecular formula is C14H22Al2OTi. The molecule has 0 N–H and O–H groups in total. The van der Waals surface area contributed by atoms with Gasteiger partial charge in [-0.3, -0.25) is 12.2 Å². The summed E-state index contributed by atoms with van der Waals surface area (Å²) in [5.74, 6) is 2.13. The molecule has 0 aromatic rings. The van der Waals surface area contributed by atoms with Crippen molar-refractivity contribution < 1.29 is 22.8 Å². The zero-order valence-electron chi connectivity index (χ0n) is 12.0. The van der Waals surface area contributed by atoms with Crippen LogP contribution in [0.25, 0.3) is 0 Å². The molecule has 0 atom stereocenters. The Balaban J connectivity index is 0. The predicted octanol–water partition coefficient (Wildman–Crippen LogP) is 2.31. The Kier molecular flexibility index (Phi) is 23.1. The second-order valence-corrected chi connectivity index (χ2v) is 8.03. The minimum Gasteiger partial charge on any atom is -0.645 e. The Hall–Kier alpha value is 0.569. The van der Waals surface area contributed by atoms with E-state index in [1.54, 1.807) is 0 Å². The summed E-state index contributed by atoms with van der Waals surface area (Å²) >= 11 is 3.02.